The Kier molecular flexibility index (Phi) is 5.92. The molecule has 2 atom stereocenters. The van der Waals surface area contributed by atoms with E-state index >= 15 is 0 Å². The van der Waals surface area contributed by atoms with Crippen LogP contribution < -0.4 is 0 Å². The number of allylic oxidation sites excluding steroid dienone is 2. The normalized spacial score (nSPS) is 22.1. The number of halogens is 3. The Labute approximate surface area is 139 Å². The van der Waals surface area contributed by atoms with Crippen LogP contribution in [0.1, 0.15) is 25.3 Å². The van der Waals surface area contributed by atoms with Gasteiger partial charge in [-0.15, -0.1) is 0 Å². The first-order valence-electron chi connectivity index (χ1n) is 7.52. The van der Waals surface area contributed by atoms with E-state index in [1.807, 2.05) is 30.3 Å². The largest absolute Gasteiger partial charge is 0.534 e. The number of ether oxygens (including phenoxy) is 1. The maximum absolute atomic E-state index is 12.3. The SMILES string of the molecule is C[C@@H]1C=C(OS(=O)(=O)C(F)(F)F)CC[C@H]1COCc1ccccc1. The third-order valence-electron chi connectivity index (χ3n) is 3.90. The number of hydrogen-bond acceptors (Lipinski definition) is 4. The maximum Gasteiger partial charge on any atom is 0.534 e. The first-order chi connectivity index (χ1) is 11.2. The van der Waals surface area contributed by atoms with E-state index in [-0.39, 0.29) is 24.0 Å². The van der Waals surface area contributed by atoms with E-state index in [2.05, 4.69) is 4.18 Å². The van der Waals surface area contributed by atoms with Gasteiger partial charge >= 0.3 is 15.6 Å². The van der Waals surface area contributed by atoms with Gasteiger partial charge in [-0.3, -0.25) is 0 Å². The van der Waals surface area contributed by atoms with E-state index in [1.54, 1.807) is 6.92 Å². The summed E-state index contributed by atoms with van der Waals surface area (Å²) in [6.45, 7) is 2.71. The van der Waals surface area contributed by atoms with Crippen LogP contribution in [0.4, 0.5) is 13.2 Å². The van der Waals surface area contributed by atoms with E-state index < -0.39 is 15.6 Å². The van der Waals surface area contributed by atoms with Gasteiger partial charge < -0.3 is 8.92 Å². The van der Waals surface area contributed by atoms with E-state index in [9.17, 15) is 21.6 Å². The van der Waals surface area contributed by atoms with Gasteiger partial charge in [0.15, 0.2) is 0 Å². The second-order valence-electron chi connectivity index (χ2n) is 5.77. The van der Waals surface area contributed by atoms with Crippen molar-refractivity contribution in [3.05, 3.63) is 47.7 Å². The molecule has 4 nitrogen and oxygen atoms in total. The minimum atomic E-state index is -5.59. The molecular weight excluding hydrogens is 345 g/mol. The zero-order chi connectivity index (χ0) is 17.8. The summed E-state index contributed by atoms with van der Waals surface area (Å²) in [5.74, 6) is -0.179. The van der Waals surface area contributed by atoms with Gasteiger partial charge in [-0.2, -0.15) is 21.6 Å². The zero-order valence-electron chi connectivity index (χ0n) is 13.1. The predicted molar refractivity (Wildman–Crippen MR) is 82.1 cm³/mol. The molecule has 0 bridgehead atoms. The van der Waals surface area contributed by atoms with Crippen molar-refractivity contribution >= 4 is 10.1 Å². The highest BCUT2D eigenvalue weighted by Gasteiger charge is 2.49. The number of alkyl halides is 3. The summed E-state index contributed by atoms with van der Waals surface area (Å²) in [7, 11) is -5.59. The van der Waals surface area contributed by atoms with Gasteiger partial charge in [0.1, 0.15) is 5.76 Å². The smallest absolute Gasteiger partial charge is 0.381 e. The van der Waals surface area contributed by atoms with Crippen molar-refractivity contribution in [1.82, 2.24) is 0 Å². The highest BCUT2D eigenvalue weighted by Crippen LogP contribution is 2.33. The van der Waals surface area contributed by atoms with Crippen molar-refractivity contribution < 1.29 is 30.5 Å². The lowest BCUT2D eigenvalue weighted by Crippen LogP contribution is -2.27. The lowest BCUT2D eigenvalue weighted by molar-refractivity contribution is -0.0526. The van der Waals surface area contributed by atoms with E-state index in [4.69, 9.17) is 4.74 Å². The van der Waals surface area contributed by atoms with Crippen LogP contribution in [0, 0.1) is 11.8 Å². The highest BCUT2D eigenvalue weighted by atomic mass is 32.2. The number of benzene rings is 1. The lowest BCUT2D eigenvalue weighted by atomic mass is 9.85. The highest BCUT2D eigenvalue weighted by molar-refractivity contribution is 7.87. The van der Waals surface area contributed by atoms with Crippen LogP contribution in [0.2, 0.25) is 0 Å². The van der Waals surface area contributed by atoms with E-state index in [1.165, 1.54) is 6.08 Å². The van der Waals surface area contributed by atoms with Gasteiger partial charge in [-0.25, -0.2) is 0 Å². The van der Waals surface area contributed by atoms with Crippen molar-refractivity contribution in [3.8, 4) is 0 Å². The van der Waals surface area contributed by atoms with Crippen LogP contribution in [-0.2, 0) is 25.6 Å². The average molecular weight is 364 g/mol. The fourth-order valence-electron chi connectivity index (χ4n) is 2.50. The Bertz CT molecular complexity index is 668. The van der Waals surface area contributed by atoms with Gasteiger partial charge in [-0.1, -0.05) is 37.3 Å². The molecule has 1 aliphatic carbocycles. The van der Waals surface area contributed by atoms with Crippen LogP contribution in [0.25, 0.3) is 0 Å². The summed E-state index contributed by atoms with van der Waals surface area (Å²) in [5, 5.41) is 0. The molecule has 2 rings (SSSR count). The minimum Gasteiger partial charge on any atom is -0.381 e. The summed E-state index contributed by atoms with van der Waals surface area (Å²) >= 11 is 0. The predicted octanol–water partition coefficient (Wildman–Crippen LogP) is 4.00. The fraction of sp³-hybridized carbons (Fsp3) is 0.500. The van der Waals surface area contributed by atoms with Crippen LogP contribution in [0.3, 0.4) is 0 Å². The molecule has 1 aromatic rings. The second kappa shape index (κ2) is 7.57. The quantitative estimate of drug-likeness (QED) is 0.566. The molecule has 0 unspecified atom stereocenters. The Morgan fingerprint density at radius 2 is 1.88 bits per heavy atom. The average Bonchev–Trinajstić information content (AvgIpc) is 2.49. The maximum atomic E-state index is 12.3. The molecule has 0 spiro atoms. The van der Waals surface area contributed by atoms with Crippen molar-refractivity contribution in [2.24, 2.45) is 11.8 Å². The third kappa shape index (κ3) is 4.98. The summed E-state index contributed by atoms with van der Waals surface area (Å²) in [6.07, 6.45) is 2.08. The summed E-state index contributed by atoms with van der Waals surface area (Å²) in [5.41, 5.74) is -4.37. The number of hydrogen-bond donors (Lipinski definition) is 0. The molecule has 0 N–H and O–H groups in total. The van der Waals surface area contributed by atoms with Gasteiger partial charge in [-0.05, 0) is 29.9 Å². The Hall–Kier alpha value is -1.54. The summed E-state index contributed by atoms with van der Waals surface area (Å²) in [6, 6.07) is 9.62. The van der Waals surface area contributed by atoms with Crippen molar-refractivity contribution in [3.63, 3.8) is 0 Å². The molecule has 0 aromatic heterocycles. The molecule has 0 saturated carbocycles. The molecule has 0 aliphatic heterocycles. The monoisotopic (exact) mass is 364 g/mol. The Morgan fingerprint density at radius 3 is 2.46 bits per heavy atom. The second-order valence-corrected chi connectivity index (χ2v) is 7.31. The minimum absolute atomic E-state index is 0.106. The Balaban J connectivity index is 1.87. The molecule has 0 heterocycles. The Morgan fingerprint density at radius 1 is 1.21 bits per heavy atom. The number of rotatable bonds is 6. The first kappa shape index (κ1) is 18.8. The van der Waals surface area contributed by atoms with Crippen LogP contribution in [0.5, 0.6) is 0 Å². The van der Waals surface area contributed by atoms with Gasteiger partial charge in [0.05, 0.1) is 13.2 Å². The first-order valence-corrected chi connectivity index (χ1v) is 8.93. The van der Waals surface area contributed by atoms with Crippen molar-refractivity contribution in [2.75, 3.05) is 6.61 Å². The fourth-order valence-corrected chi connectivity index (χ4v) is 3.01. The molecule has 0 saturated heterocycles. The van der Waals surface area contributed by atoms with Gasteiger partial charge in [0.25, 0.3) is 0 Å². The van der Waals surface area contributed by atoms with Crippen molar-refractivity contribution in [2.45, 2.75) is 31.9 Å². The standard InChI is InChI=1S/C16H19F3O4S/c1-12-9-15(23-24(20,21)16(17,18)19)8-7-14(12)11-22-10-13-5-3-2-4-6-13/h2-6,9,12,14H,7-8,10-11H2,1H3/t12-,14+/m1/s1. The molecule has 0 radical (unpaired) electrons. The molecule has 1 aromatic carbocycles. The molecule has 0 amide bonds. The van der Waals surface area contributed by atoms with E-state index in [0.29, 0.717) is 19.6 Å². The van der Waals surface area contributed by atoms with E-state index in [0.717, 1.165) is 5.56 Å². The molecule has 134 valence electrons. The van der Waals surface area contributed by atoms with Crippen molar-refractivity contribution in [1.29, 1.82) is 0 Å². The lowest BCUT2D eigenvalue weighted by Gasteiger charge is -2.27. The molecule has 0 fully saturated rings. The topological polar surface area (TPSA) is 52.6 Å². The molecular formula is C16H19F3O4S. The summed E-state index contributed by atoms with van der Waals surface area (Å²) in [4.78, 5) is 0. The van der Waals surface area contributed by atoms with Gasteiger partial charge in [0.2, 0.25) is 0 Å². The van der Waals surface area contributed by atoms with Crippen LogP contribution >= 0.6 is 0 Å². The molecule has 8 heteroatoms. The summed E-state index contributed by atoms with van der Waals surface area (Å²) < 4.78 is 68.9. The molecule has 1 aliphatic rings. The zero-order valence-corrected chi connectivity index (χ0v) is 13.9. The third-order valence-corrected chi connectivity index (χ3v) is 4.90. The van der Waals surface area contributed by atoms with Crippen LogP contribution in [-0.4, -0.2) is 20.5 Å². The van der Waals surface area contributed by atoms with Gasteiger partial charge in [0, 0.05) is 6.42 Å². The van der Waals surface area contributed by atoms with Crippen LogP contribution in [0.15, 0.2) is 42.2 Å². The molecule has 24 heavy (non-hydrogen) atoms.